The minimum atomic E-state index is -1.12. The van der Waals surface area contributed by atoms with E-state index in [4.69, 9.17) is 9.47 Å². The van der Waals surface area contributed by atoms with Crippen molar-refractivity contribution < 1.29 is 19.4 Å². The molecule has 0 amide bonds. The predicted molar refractivity (Wildman–Crippen MR) is 65.5 cm³/mol. The van der Waals surface area contributed by atoms with Crippen LogP contribution in [0.2, 0.25) is 0 Å². The maximum Gasteiger partial charge on any atom is 0.331 e. The van der Waals surface area contributed by atoms with Crippen LogP contribution >= 0.6 is 0 Å². The average Bonchev–Trinajstić information content (AvgIpc) is 2.86. The number of carboxylic acids is 1. The van der Waals surface area contributed by atoms with Crippen LogP contribution < -0.4 is 0 Å². The third-order valence-corrected chi connectivity index (χ3v) is 3.17. The summed E-state index contributed by atoms with van der Waals surface area (Å²) in [5.74, 6) is -0.537. The topological polar surface area (TPSA) is 99.4 Å². The normalized spacial score (nSPS) is 11.7. The molecule has 0 aliphatic carbocycles. The summed E-state index contributed by atoms with van der Waals surface area (Å²) in [6.07, 6.45) is 0.796. The molecule has 0 saturated heterocycles. The number of carbonyl (C=O) groups is 1. The number of rotatable bonds is 9. The summed E-state index contributed by atoms with van der Waals surface area (Å²) in [4.78, 5) is 11.5. The summed E-state index contributed by atoms with van der Waals surface area (Å²) >= 11 is 0. The Morgan fingerprint density at radius 3 is 2.58 bits per heavy atom. The number of hydrogen-bond acceptors (Lipinski definition) is 6. The first-order valence-electron chi connectivity index (χ1n) is 6.20. The lowest BCUT2D eigenvalue weighted by molar-refractivity contribution is -0.149. The molecule has 0 unspecified atom stereocenters. The van der Waals surface area contributed by atoms with E-state index < -0.39 is 11.5 Å². The molecule has 1 heterocycles. The van der Waals surface area contributed by atoms with Gasteiger partial charge in [0, 0.05) is 7.11 Å². The van der Waals surface area contributed by atoms with Crippen molar-refractivity contribution >= 4 is 5.97 Å². The molecule has 1 aromatic heterocycles. The van der Waals surface area contributed by atoms with Gasteiger partial charge in [0.25, 0.3) is 0 Å². The van der Waals surface area contributed by atoms with Crippen molar-refractivity contribution in [3.8, 4) is 0 Å². The molecule has 0 aliphatic heterocycles. The van der Waals surface area contributed by atoms with Gasteiger partial charge in [-0.3, -0.25) is 0 Å². The zero-order valence-corrected chi connectivity index (χ0v) is 11.5. The van der Waals surface area contributed by atoms with E-state index in [1.807, 2.05) is 0 Å². The smallest absolute Gasteiger partial charge is 0.331 e. The van der Waals surface area contributed by atoms with Gasteiger partial charge < -0.3 is 14.6 Å². The third kappa shape index (κ3) is 3.27. The summed E-state index contributed by atoms with van der Waals surface area (Å²) in [6, 6.07) is 0. The van der Waals surface area contributed by atoms with E-state index >= 15 is 0 Å². The highest BCUT2D eigenvalue weighted by Crippen LogP contribution is 2.25. The number of hydrogen-bond donors (Lipinski definition) is 1. The van der Waals surface area contributed by atoms with Crippen LogP contribution in [0.4, 0.5) is 0 Å². The number of aromatic nitrogens is 4. The Morgan fingerprint density at radius 1 is 1.37 bits per heavy atom. The fourth-order valence-corrected chi connectivity index (χ4v) is 1.88. The molecule has 0 bridgehead atoms. The van der Waals surface area contributed by atoms with Gasteiger partial charge in [-0.25, -0.2) is 9.48 Å². The highest BCUT2D eigenvalue weighted by molar-refractivity contribution is 5.76. The van der Waals surface area contributed by atoms with E-state index in [9.17, 15) is 9.90 Å². The van der Waals surface area contributed by atoms with Crippen LogP contribution in [0.1, 0.15) is 32.5 Å². The second-order valence-corrected chi connectivity index (χ2v) is 4.10. The zero-order valence-electron chi connectivity index (χ0n) is 11.5. The Balaban J connectivity index is 2.87. The van der Waals surface area contributed by atoms with Crippen LogP contribution in [0.5, 0.6) is 0 Å². The molecule has 8 nitrogen and oxygen atoms in total. The van der Waals surface area contributed by atoms with Crippen molar-refractivity contribution in [1.29, 1.82) is 0 Å². The van der Waals surface area contributed by atoms with Crippen molar-refractivity contribution in [2.75, 3.05) is 20.3 Å². The van der Waals surface area contributed by atoms with Gasteiger partial charge in [0.1, 0.15) is 6.61 Å². The first-order chi connectivity index (χ1) is 9.12. The average molecular weight is 272 g/mol. The standard InChI is InChI=1S/C11H20N4O4/c1-4-11(5-2,10(16)17)15-9(12-13-14-15)8-19-7-6-18-3/h4-8H2,1-3H3,(H,16,17). The Hall–Kier alpha value is -1.54. The van der Waals surface area contributed by atoms with E-state index in [1.54, 1.807) is 21.0 Å². The number of tetrazole rings is 1. The maximum absolute atomic E-state index is 11.5. The molecule has 0 radical (unpaired) electrons. The van der Waals surface area contributed by atoms with Crippen molar-refractivity contribution in [1.82, 2.24) is 20.2 Å². The fraction of sp³-hybridized carbons (Fsp3) is 0.818. The van der Waals surface area contributed by atoms with E-state index in [-0.39, 0.29) is 6.61 Å². The van der Waals surface area contributed by atoms with E-state index in [2.05, 4.69) is 15.5 Å². The molecule has 1 N–H and O–H groups in total. The van der Waals surface area contributed by atoms with Crippen molar-refractivity contribution in [3.63, 3.8) is 0 Å². The van der Waals surface area contributed by atoms with Gasteiger partial charge in [0.2, 0.25) is 0 Å². The lowest BCUT2D eigenvalue weighted by Crippen LogP contribution is -2.43. The predicted octanol–water partition coefficient (Wildman–Crippen LogP) is 0.436. The highest BCUT2D eigenvalue weighted by atomic mass is 16.5. The number of ether oxygens (including phenoxy) is 2. The van der Waals surface area contributed by atoms with Gasteiger partial charge in [-0.1, -0.05) is 13.8 Å². The zero-order chi connectivity index (χ0) is 14.3. The molecular formula is C11H20N4O4. The molecule has 108 valence electrons. The summed E-state index contributed by atoms with van der Waals surface area (Å²) in [5, 5.41) is 20.7. The van der Waals surface area contributed by atoms with Gasteiger partial charge in [-0.15, -0.1) is 5.10 Å². The molecule has 0 fully saturated rings. The van der Waals surface area contributed by atoms with E-state index in [0.29, 0.717) is 31.9 Å². The Labute approximate surface area is 111 Å². The number of methoxy groups -OCH3 is 1. The van der Waals surface area contributed by atoms with Crippen LogP contribution in [-0.2, 0) is 26.4 Å². The van der Waals surface area contributed by atoms with Gasteiger partial charge in [0.05, 0.1) is 13.2 Å². The van der Waals surface area contributed by atoms with Crippen molar-refractivity contribution in [2.24, 2.45) is 0 Å². The molecule has 0 atom stereocenters. The first-order valence-corrected chi connectivity index (χ1v) is 6.20. The lowest BCUT2D eigenvalue weighted by Gasteiger charge is -2.27. The Kier molecular flexibility index (Phi) is 5.84. The number of nitrogens with zero attached hydrogens (tertiary/aromatic N) is 4. The van der Waals surface area contributed by atoms with Gasteiger partial charge in [-0.05, 0) is 23.3 Å². The van der Waals surface area contributed by atoms with Gasteiger partial charge >= 0.3 is 5.97 Å². The molecule has 0 spiro atoms. The summed E-state index contributed by atoms with van der Waals surface area (Å²) in [5.41, 5.74) is -1.12. The van der Waals surface area contributed by atoms with Gasteiger partial charge in [0.15, 0.2) is 11.4 Å². The minimum Gasteiger partial charge on any atom is -0.479 e. The molecule has 0 aliphatic rings. The fourth-order valence-electron chi connectivity index (χ4n) is 1.88. The van der Waals surface area contributed by atoms with Crippen LogP contribution in [0.25, 0.3) is 0 Å². The minimum absolute atomic E-state index is 0.158. The molecule has 19 heavy (non-hydrogen) atoms. The Morgan fingerprint density at radius 2 is 2.05 bits per heavy atom. The third-order valence-electron chi connectivity index (χ3n) is 3.17. The molecule has 0 saturated carbocycles. The largest absolute Gasteiger partial charge is 0.479 e. The van der Waals surface area contributed by atoms with Crippen LogP contribution in [0, 0.1) is 0 Å². The monoisotopic (exact) mass is 272 g/mol. The molecule has 0 aromatic carbocycles. The molecule has 1 rings (SSSR count). The summed E-state index contributed by atoms with van der Waals surface area (Å²) in [7, 11) is 1.58. The second-order valence-electron chi connectivity index (χ2n) is 4.10. The summed E-state index contributed by atoms with van der Waals surface area (Å²) < 4.78 is 11.6. The van der Waals surface area contributed by atoms with Crippen LogP contribution in [0.3, 0.4) is 0 Å². The first kappa shape index (κ1) is 15.5. The summed E-state index contributed by atoms with van der Waals surface area (Å²) in [6.45, 7) is 4.63. The van der Waals surface area contributed by atoms with Gasteiger partial charge in [-0.2, -0.15) is 0 Å². The van der Waals surface area contributed by atoms with Crippen molar-refractivity contribution in [3.05, 3.63) is 5.82 Å². The number of carboxylic acid groups (broad SMARTS) is 1. The molecule has 1 aromatic rings. The van der Waals surface area contributed by atoms with Crippen LogP contribution in [-0.4, -0.2) is 51.6 Å². The van der Waals surface area contributed by atoms with E-state index in [0.717, 1.165) is 0 Å². The molecular weight excluding hydrogens is 252 g/mol. The highest BCUT2D eigenvalue weighted by Gasteiger charge is 2.40. The molecule has 8 heteroatoms. The number of aliphatic carboxylic acids is 1. The Bertz CT molecular complexity index is 403. The van der Waals surface area contributed by atoms with Crippen molar-refractivity contribution in [2.45, 2.75) is 38.8 Å². The second kappa shape index (κ2) is 7.15. The SMILES string of the molecule is CCC(CC)(C(=O)O)n1nnnc1COCCOC. The van der Waals surface area contributed by atoms with Crippen LogP contribution in [0.15, 0.2) is 0 Å². The maximum atomic E-state index is 11.5. The lowest BCUT2D eigenvalue weighted by atomic mass is 9.93. The quantitative estimate of drug-likeness (QED) is 0.651. The van der Waals surface area contributed by atoms with E-state index in [1.165, 1.54) is 4.68 Å².